The summed E-state index contributed by atoms with van der Waals surface area (Å²) in [6, 6.07) is 8.28. The summed E-state index contributed by atoms with van der Waals surface area (Å²) >= 11 is 6.05. The molecular weight excluding hydrogens is 194 g/mol. The van der Waals surface area contributed by atoms with Crippen molar-refractivity contribution < 1.29 is 0 Å². The van der Waals surface area contributed by atoms with Gasteiger partial charge in [-0.1, -0.05) is 23.7 Å². The molecule has 1 aliphatic carbocycles. The Hall–Kier alpha value is -1.00. The zero-order valence-corrected chi connectivity index (χ0v) is 8.93. The SMILES string of the molecule is Cc1c(Cl)cccc1C1(C#N)CCC1. The molecule has 0 bridgehead atoms. The topological polar surface area (TPSA) is 23.8 Å². The second-order valence-corrected chi connectivity index (χ2v) is 4.37. The Balaban J connectivity index is 2.51. The molecule has 14 heavy (non-hydrogen) atoms. The highest BCUT2D eigenvalue weighted by Crippen LogP contribution is 2.45. The van der Waals surface area contributed by atoms with Gasteiger partial charge in [-0.2, -0.15) is 5.26 Å². The van der Waals surface area contributed by atoms with Crippen LogP contribution in [0.2, 0.25) is 5.02 Å². The van der Waals surface area contributed by atoms with Crippen LogP contribution in [0.5, 0.6) is 0 Å². The average Bonchev–Trinajstić information content (AvgIpc) is 2.11. The highest BCUT2D eigenvalue weighted by Gasteiger charge is 2.40. The number of rotatable bonds is 1. The first-order chi connectivity index (χ1) is 6.69. The fraction of sp³-hybridized carbons (Fsp3) is 0.417. The molecule has 72 valence electrons. The molecule has 0 radical (unpaired) electrons. The molecule has 0 aromatic heterocycles. The monoisotopic (exact) mass is 205 g/mol. The van der Waals surface area contributed by atoms with Crippen LogP contribution in [0.25, 0.3) is 0 Å². The smallest absolute Gasteiger partial charge is 0.0825 e. The molecule has 1 fully saturated rings. The molecule has 0 N–H and O–H groups in total. The van der Waals surface area contributed by atoms with Gasteiger partial charge in [0.25, 0.3) is 0 Å². The van der Waals surface area contributed by atoms with Gasteiger partial charge in [-0.15, -0.1) is 0 Å². The first kappa shape index (κ1) is 9.55. The van der Waals surface area contributed by atoms with E-state index in [0.29, 0.717) is 0 Å². The summed E-state index contributed by atoms with van der Waals surface area (Å²) in [5.41, 5.74) is 1.95. The van der Waals surface area contributed by atoms with Gasteiger partial charge in [0.05, 0.1) is 11.5 Å². The minimum atomic E-state index is -0.241. The molecule has 0 amide bonds. The quantitative estimate of drug-likeness (QED) is 0.688. The minimum absolute atomic E-state index is 0.241. The van der Waals surface area contributed by atoms with E-state index in [2.05, 4.69) is 6.07 Å². The van der Waals surface area contributed by atoms with Gasteiger partial charge in [0.2, 0.25) is 0 Å². The number of nitrogens with zero attached hydrogens (tertiary/aromatic N) is 1. The zero-order chi connectivity index (χ0) is 10.2. The molecule has 0 spiro atoms. The van der Waals surface area contributed by atoms with Crippen LogP contribution >= 0.6 is 11.6 Å². The van der Waals surface area contributed by atoms with Crippen LogP contribution in [-0.4, -0.2) is 0 Å². The Bertz CT molecular complexity index is 399. The van der Waals surface area contributed by atoms with E-state index in [1.54, 1.807) is 0 Å². The number of hydrogen-bond acceptors (Lipinski definition) is 1. The second-order valence-electron chi connectivity index (χ2n) is 3.96. The summed E-state index contributed by atoms with van der Waals surface area (Å²) in [5.74, 6) is 0. The lowest BCUT2D eigenvalue weighted by atomic mass is 9.64. The van der Waals surface area contributed by atoms with Crippen molar-refractivity contribution in [2.45, 2.75) is 31.6 Å². The third kappa shape index (κ3) is 1.22. The summed E-state index contributed by atoms with van der Waals surface area (Å²) < 4.78 is 0. The fourth-order valence-electron chi connectivity index (χ4n) is 2.10. The van der Waals surface area contributed by atoms with Gasteiger partial charge in [0.15, 0.2) is 0 Å². The Kier molecular flexibility index (Phi) is 2.25. The van der Waals surface area contributed by atoms with E-state index in [1.165, 1.54) is 0 Å². The van der Waals surface area contributed by atoms with Crippen molar-refractivity contribution in [2.24, 2.45) is 0 Å². The number of benzene rings is 1. The van der Waals surface area contributed by atoms with Gasteiger partial charge in [-0.05, 0) is 43.4 Å². The summed E-state index contributed by atoms with van der Waals surface area (Å²) in [4.78, 5) is 0. The molecule has 2 heteroatoms. The lowest BCUT2D eigenvalue weighted by Gasteiger charge is -2.36. The predicted octanol–water partition coefficient (Wildman–Crippen LogP) is 3.59. The molecule has 0 saturated heterocycles. The Morgan fingerprint density at radius 1 is 1.43 bits per heavy atom. The molecule has 0 heterocycles. The molecule has 1 aromatic rings. The van der Waals surface area contributed by atoms with E-state index >= 15 is 0 Å². The van der Waals surface area contributed by atoms with Crippen LogP contribution in [0.4, 0.5) is 0 Å². The molecule has 1 aromatic carbocycles. The van der Waals surface area contributed by atoms with Crippen molar-refractivity contribution in [2.75, 3.05) is 0 Å². The van der Waals surface area contributed by atoms with Crippen molar-refractivity contribution >= 4 is 11.6 Å². The molecule has 1 nitrogen and oxygen atoms in total. The number of hydrogen-bond donors (Lipinski definition) is 0. The standard InChI is InChI=1S/C12H12ClN/c1-9-10(4-2-5-11(9)13)12(8-14)6-3-7-12/h2,4-5H,3,6-7H2,1H3. The fourth-order valence-corrected chi connectivity index (χ4v) is 2.27. The maximum absolute atomic E-state index is 9.21. The molecule has 1 aliphatic rings. The van der Waals surface area contributed by atoms with Crippen molar-refractivity contribution in [1.82, 2.24) is 0 Å². The Morgan fingerprint density at radius 3 is 2.64 bits per heavy atom. The summed E-state index contributed by atoms with van der Waals surface area (Å²) in [5, 5.41) is 9.98. The van der Waals surface area contributed by atoms with E-state index in [-0.39, 0.29) is 5.41 Å². The molecule has 0 aliphatic heterocycles. The van der Waals surface area contributed by atoms with Gasteiger partial charge < -0.3 is 0 Å². The molecule has 0 atom stereocenters. The number of halogens is 1. The molecule has 1 saturated carbocycles. The highest BCUT2D eigenvalue weighted by molar-refractivity contribution is 6.31. The molecular formula is C12H12ClN. The molecule has 0 unspecified atom stereocenters. The van der Waals surface area contributed by atoms with Gasteiger partial charge >= 0.3 is 0 Å². The maximum atomic E-state index is 9.21. The van der Waals surface area contributed by atoms with Crippen molar-refractivity contribution in [3.8, 4) is 6.07 Å². The lowest BCUT2D eigenvalue weighted by Crippen LogP contribution is -2.33. The van der Waals surface area contributed by atoms with Gasteiger partial charge in [0.1, 0.15) is 0 Å². The predicted molar refractivity (Wildman–Crippen MR) is 57.3 cm³/mol. The second kappa shape index (κ2) is 3.29. The summed E-state index contributed by atoms with van der Waals surface area (Å²) in [6.07, 6.45) is 3.11. The first-order valence-corrected chi connectivity index (χ1v) is 5.24. The van der Waals surface area contributed by atoms with Crippen LogP contribution in [0.1, 0.15) is 30.4 Å². The number of nitriles is 1. The van der Waals surface area contributed by atoms with Gasteiger partial charge in [0, 0.05) is 5.02 Å². The van der Waals surface area contributed by atoms with Crippen molar-refractivity contribution in [3.63, 3.8) is 0 Å². The van der Waals surface area contributed by atoms with E-state index < -0.39 is 0 Å². The Labute approximate surface area is 89.3 Å². The first-order valence-electron chi connectivity index (χ1n) is 4.86. The third-order valence-electron chi connectivity index (χ3n) is 3.20. The minimum Gasteiger partial charge on any atom is -0.197 e. The van der Waals surface area contributed by atoms with Gasteiger partial charge in [-0.3, -0.25) is 0 Å². The van der Waals surface area contributed by atoms with E-state index in [0.717, 1.165) is 35.4 Å². The molecule has 2 rings (SSSR count). The van der Waals surface area contributed by atoms with Crippen LogP contribution in [0, 0.1) is 18.3 Å². The van der Waals surface area contributed by atoms with E-state index in [1.807, 2.05) is 25.1 Å². The van der Waals surface area contributed by atoms with E-state index in [9.17, 15) is 5.26 Å². The van der Waals surface area contributed by atoms with Gasteiger partial charge in [-0.25, -0.2) is 0 Å². The highest BCUT2D eigenvalue weighted by atomic mass is 35.5. The van der Waals surface area contributed by atoms with Crippen LogP contribution in [0.15, 0.2) is 18.2 Å². The zero-order valence-electron chi connectivity index (χ0n) is 8.18. The third-order valence-corrected chi connectivity index (χ3v) is 3.61. The summed E-state index contributed by atoms with van der Waals surface area (Å²) in [6.45, 7) is 2.00. The largest absolute Gasteiger partial charge is 0.197 e. The van der Waals surface area contributed by atoms with Crippen LogP contribution in [0.3, 0.4) is 0 Å². The van der Waals surface area contributed by atoms with Crippen LogP contribution in [-0.2, 0) is 5.41 Å². The van der Waals surface area contributed by atoms with Crippen LogP contribution < -0.4 is 0 Å². The summed E-state index contributed by atoms with van der Waals surface area (Å²) in [7, 11) is 0. The maximum Gasteiger partial charge on any atom is 0.0825 e. The average molecular weight is 206 g/mol. The lowest BCUT2D eigenvalue weighted by molar-refractivity contribution is 0.323. The normalized spacial score (nSPS) is 18.4. The van der Waals surface area contributed by atoms with E-state index in [4.69, 9.17) is 11.6 Å². The van der Waals surface area contributed by atoms with Crippen molar-refractivity contribution in [3.05, 3.63) is 34.3 Å². The van der Waals surface area contributed by atoms with Crippen molar-refractivity contribution in [1.29, 1.82) is 5.26 Å². The Morgan fingerprint density at radius 2 is 2.14 bits per heavy atom.